The minimum absolute atomic E-state index is 0.0244. The summed E-state index contributed by atoms with van der Waals surface area (Å²) >= 11 is 0. The number of carbonyl (C=O) groups excluding carboxylic acids is 2. The van der Waals surface area contributed by atoms with Crippen LogP contribution in [-0.4, -0.2) is 33.1 Å². The van der Waals surface area contributed by atoms with Gasteiger partial charge in [0.1, 0.15) is 11.4 Å². The third kappa shape index (κ3) is 5.26. The normalized spacial score (nSPS) is 10.8. The van der Waals surface area contributed by atoms with Crippen LogP contribution in [-0.2, 0) is 4.79 Å². The van der Waals surface area contributed by atoms with E-state index in [0.717, 1.165) is 0 Å². The predicted octanol–water partition coefficient (Wildman–Crippen LogP) is 4.12. The maximum atomic E-state index is 13.2. The second-order valence-electron chi connectivity index (χ2n) is 6.62. The second-order valence-corrected chi connectivity index (χ2v) is 6.62. The zero-order chi connectivity index (χ0) is 22.9. The summed E-state index contributed by atoms with van der Waals surface area (Å²) in [7, 11) is 4.55. The van der Waals surface area contributed by atoms with Crippen LogP contribution in [0.25, 0.3) is 6.08 Å². The van der Waals surface area contributed by atoms with Crippen molar-refractivity contribution in [2.24, 2.45) is 0 Å². The van der Waals surface area contributed by atoms with Gasteiger partial charge in [0, 0.05) is 11.1 Å². The highest BCUT2D eigenvalue weighted by Crippen LogP contribution is 2.32. The summed E-state index contributed by atoms with van der Waals surface area (Å²) < 4.78 is 16.1. The third-order valence-corrected chi connectivity index (χ3v) is 4.62. The standard InChI is InChI=1S/C25H24N2O5/c1-30-21-14-8-7-13-19(21)26-25(29)20(27-24(28)17-10-5-4-6-11-17)16-18-12-9-15-22(31-2)23(18)32-3/h4-16H,1-3H3,(H,26,29)(H,27,28)/b20-16-. The summed E-state index contributed by atoms with van der Waals surface area (Å²) in [6.07, 6.45) is 1.53. The average molecular weight is 432 g/mol. The van der Waals surface area contributed by atoms with Crippen molar-refractivity contribution in [2.45, 2.75) is 0 Å². The molecule has 0 aliphatic carbocycles. The van der Waals surface area contributed by atoms with Crippen molar-refractivity contribution in [3.63, 3.8) is 0 Å². The van der Waals surface area contributed by atoms with E-state index in [9.17, 15) is 9.59 Å². The van der Waals surface area contributed by atoms with Crippen LogP contribution in [0, 0.1) is 0 Å². The van der Waals surface area contributed by atoms with Crippen LogP contribution in [0.4, 0.5) is 5.69 Å². The van der Waals surface area contributed by atoms with Gasteiger partial charge in [0.2, 0.25) is 0 Å². The zero-order valence-corrected chi connectivity index (χ0v) is 18.0. The highest BCUT2D eigenvalue weighted by molar-refractivity contribution is 6.11. The van der Waals surface area contributed by atoms with Gasteiger partial charge in [-0.1, -0.05) is 42.5 Å². The summed E-state index contributed by atoms with van der Waals surface area (Å²) in [5.74, 6) is 0.484. The van der Waals surface area contributed by atoms with Crippen LogP contribution in [0.2, 0.25) is 0 Å². The van der Waals surface area contributed by atoms with Crippen LogP contribution < -0.4 is 24.8 Å². The quantitative estimate of drug-likeness (QED) is 0.523. The predicted molar refractivity (Wildman–Crippen MR) is 123 cm³/mol. The van der Waals surface area contributed by atoms with Gasteiger partial charge in [-0.05, 0) is 36.4 Å². The van der Waals surface area contributed by atoms with Gasteiger partial charge in [-0.25, -0.2) is 0 Å². The molecule has 2 N–H and O–H groups in total. The maximum Gasteiger partial charge on any atom is 0.272 e. The van der Waals surface area contributed by atoms with E-state index in [1.807, 2.05) is 6.07 Å². The number of para-hydroxylation sites is 3. The Morgan fingerprint density at radius 2 is 1.41 bits per heavy atom. The van der Waals surface area contributed by atoms with Crippen LogP contribution in [0.1, 0.15) is 15.9 Å². The molecule has 2 amide bonds. The van der Waals surface area contributed by atoms with Gasteiger partial charge in [0.25, 0.3) is 11.8 Å². The van der Waals surface area contributed by atoms with Gasteiger partial charge < -0.3 is 24.8 Å². The number of methoxy groups -OCH3 is 3. The molecule has 0 spiro atoms. The zero-order valence-electron chi connectivity index (χ0n) is 18.0. The largest absolute Gasteiger partial charge is 0.495 e. The number of hydrogen-bond acceptors (Lipinski definition) is 5. The first-order valence-electron chi connectivity index (χ1n) is 9.80. The number of rotatable bonds is 8. The Bertz CT molecular complexity index is 1130. The molecule has 0 fully saturated rings. The molecule has 0 bridgehead atoms. The van der Waals surface area contributed by atoms with Gasteiger partial charge in [-0.15, -0.1) is 0 Å². The molecule has 3 aromatic carbocycles. The molecule has 7 nitrogen and oxygen atoms in total. The van der Waals surface area contributed by atoms with Crippen LogP contribution >= 0.6 is 0 Å². The molecule has 0 unspecified atom stereocenters. The molecule has 0 saturated heterocycles. The summed E-state index contributed by atoms with van der Waals surface area (Å²) in [6.45, 7) is 0. The molecule has 0 heterocycles. The fourth-order valence-electron chi connectivity index (χ4n) is 3.06. The fourth-order valence-corrected chi connectivity index (χ4v) is 3.06. The Morgan fingerprint density at radius 3 is 2.09 bits per heavy atom. The molecule has 0 aliphatic heterocycles. The lowest BCUT2D eigenvalue weighted by atomic mass is 10.1. The smallest absolute Gasteiger partial charge is 0.272 e. The van der Waals surface area contributed by atoms with Crippen LogP contribution in [0.3, 0.4) is 0 Å². The van der Waals surface area contributed by atoms with E-state index in [1.165, 1.54) is 27.4 Å². The van der Waals surface area contributed by atoms with Crippen molar-refractivity contribution in [1.82, 2.24) is 5.32 Å². The summed E-state index contributed by atoms with van der Waals surface area (Å²) in [4.78, 5) is 26.0. The van der Waals surface area contributed by atoms with E-state index in [0.29, 0.717) is 34.1 Å². The number of carbonyl (C=O) groups is 2. The summed E-state index contributed by atoms with van der Waals surface area (Å²) in [5.41, 5.74) is 1.47. The number of benzene rings is 3. The van der Waals surface area contributed by atoms with Crippen molar-refractivity contribution >= 4 is 23.6 Å². The highest BCUT2D eigenvalue weighted by Gasteiger charge is 2.18. The van der Waals surface area contributed by atoms with Crippen molar-refractivity contribution in [2.75, 3.05) is 26.6 Å². The molecule has 0 saturated carbocycles. The first-order valence-corrected chi connectivity index (χ1v) is 9.80. The van der Waals surface area contributed by atoms with Crippen molar-refractivity contribution in [1.29, 1.82) is 0 Å². The van der Waals surface area contributed by atoms with E-state index in [1.54, 1.807) is 66.7 Å². The first kappa shape index (κ1) is 22.4. The molecule has 164 valence electrons. The Balaban J connectivity index is 2.00. The number of ether oxygens (including phenoxy) is 3. The van der Waals surface area contributed by atoms with Crippen molar-refractivity contribution in [3.05, 3.63) is 89.6 Å². The Labute approximate surface area is 186 Å². The lowest BCUT2D eigenvalue weighted by Gasteiger charge is -2.15. The molecule has 0 aliphatic rings. The van der Waals surface area contributed by atoms with Gasteiger partial charge in [0.05, 0.1) is 27.0 Å². The van der Waals surface area contributed by atoms with Crippen molar-refractivity contribution in [3.8, 4) is 17.2 Å². The third-order valence-electron chi connectivity index (χ3n) is 4.62. The molecule has 3 aromatic rings. The Kier molecular flexibility index (Phi) is 7.48. The number of nitrogens with one attached hydrogen (secondary N) is 2. The number of amides is 2. The number of hydrogen-bond donors (Lipinski definition) is 2. The summed E-state index contributed by atoms with van der Waals surface area (Å²) in [5, 5.41) is 5.49. The first-order chi connectivity index (χ1) is 15.6. The lowest BCUT2D eigenvalue weighted by molar-refractivity contribution is -0.113. The molecule has 32 heavy (non-hydrogen) atoms. The van der Waals surface area contributed by atoms with Crippen molar-refractivity contribution < 1.29 is 23.8 Å². The molecule has 3 rings (SSSR count). The van der Waals surface area contributed by atoms with E-state index >= 15 is 0 Å². The molecule has 0 atom stereocenters. The molecule has 0 aromatic heterocycles. The molecular weight excluding hydrogens is 408 g/mol. The van der Waals surface area contributed by atoms with Gasteiger partial charge >= 0.3 is 0 Å². The lowest BCUT2D eigenvalue weighted by Crippen LogP contribution is -2.30. The maximum absolute atomic E-state index is 13.2. The van der Waals surface area contributed by atoms with E-state index in [-0.39, 0.29) is 5.70 Å². The number of anilines is 1. The minimum atomic E-state index is -0.524. The average Bonchev–Trinajstić information content (AvgIpc) is 2.84. The second kappa shape index (κ2) is 10.7. The van der Waals surface area contributed by atoms with Crippen LogP contribution in [0.5, 0.6) is 17.2 Å². The van der Waals surface area contributed by atoms with Gasteiger partial charge in [-0.3, -0.25) is 9.59 Å². The fraction of sp³-hybridized carbons (Fsp3) is 0.120. The molecule has 0 radical (unpaired) electrons. The summed E-state index contributed by atoms with van der Waals surface area (Å²) in [6, 6.07) is 20.9. The minimum Gasteiger partial charge on any atom is -0.495 e. The van der Waals surface area contributed by atoms with Gasteiger partial charge in [0.15, 0.2) is 11.5 Å². The monoisotopic (exact) mass is 432 g/mol. The van der Waals surface area contributed by atoms with Crippen LogP contribution in [0.15, 0.2) is 78.5 Å². The Hall–Kier alpha value is -4.26. The van der Waals surface area contributed by atoms with Gasteiger partial charge in [-0.2, -0.15) is 0 Å². The van der Waals surface area contributed by atoms with E-state index in [2.05, 4.69) is 10.6 Å². The highest BCUT2D eigenvalue weighted by atomic mass is 16.5. The molecule has 7 heteroatoms. The van der Waals surface area contributed by atoms with E-state index in [4.69, 9.17) is 14.2 Å². The molecular formula is C25H24N2O5. The SMILES string of the molecule is COc1ccccc1NC(=O)/C(=C/c1cccc(OC)c1OC)NC(=O)c1ccccc1. The topological polar surface area (TPSA) is 85.9 Å². The van der Waals surface area contributed by atoms with E-state index < -0.39 is 11.8 Å². The Morgan fingerprint density at radius 1 is 0.750 bits per heavy atom.